The zero-order valence-corrected chi connectivity index (χ0v) is 13.9. The molecule has 0 spiro atoms. The maximum atomic E-state index is 11.4. The molecule has 0 saturated carbocycles. The zero-order valence-electron chi connectivity index (χ0n) is 13.9. The highest BCUT2D eigenvalue weighted by Gasteiger charge is 2.24. The van der Waals surface area contributed by atoms with Crippen LogP contribution in [0.5, 0.6) is 0 Å². The second-order valence-corrected chi connectivity index (χ2v) is 6.52. The lowest BCUT2D eigenvalue weighted by atomic mass is 10.0. The Hall–Kier alpha value is -2.24. The molecule has 1 aliphatic heterocycles. The Morgan fingerprint density at radius 2 is 2.13 bits per heavy atom. The lowest BCUT2D eigenvalue weighted by Gasteiger charge is -2.13. The van der Waals surface area contributed by atoms with Crippen molar-refractivity contribution in [2.75, 3.05) is 13.1 Å². The zero-order chi connectivity index (χ0) is 16.4. The second kappa shape index (κ2) is 6.48. The molecule has 2 aromatic heterocycles. The van der Waals surface area contributed by atoms with E-state index in [9.17, 15) is 4.79 Å². The van der Waals surface area contributed by atoms with Crippen molar-refractivity contribution in [3.63, 3.8) is 0 Å². The van der Waals surface area contributed by atoms with Gasteiger partial charge in [-0.15, -0.1) is 0 Å². The fraction of sp³-hybridized carbons (Fsp3) is 0.529. The van der Waals surface area contributed by atoms with Crippen molar-refractivity contribution in [1.29, 1.82) is 0 Å². The van der Waals surface area contributed by atoms with Gasteiger partial charge in [0.15, 0.2) is 0 Å². The molecule has 23 heavy (non-hydrogen) atoms. The van der Waals surface area contributed by atoms with Crippen LogP contribution in [0, 0.1) is 5.92 Å². The molecule has 0 unspecified atom stereocenters. The van der Waals surface area contributed by atoms with Crippen LogP contribution in [-0.2, 0) is 11.2 Å². The molecule has 0 N–H and O–H groups in total. The van der Waals surface area contributed by atoms with Crippen LogP contribution in [0.15, 0.2) is 24.8 Å². The first-order valence-corrected chi connectivity index (χ1v) is 8.14. The minimum Gasteiger partial charge on any atom is -0.343 e. The number of carbonyl (C=O) groups is 1. The third kappa shape index (κ3) is 3.57. The first kappa shape index (κ1) is 15.6. The summed E-state index contributed by atoms with van der Waals surface area (Å²) in [5.74, 6) is 0.652. The SMILES string of the molecule is CC(=O)N1CC[C@H](Cc2cnc(-c3cnn(C(C)C)c3)cn2)C1. The van der Waals surface area contributed by atoms with Crippen molar-refractivity contribution in [1.82, 2.24) is 24.6 Å². The molecule has 6 nitrogen and oxygen atoms in total. The van der Waals surface area contributed by atoms with Crippen LogP contribution < -0.4 is 0 Å². The summed E-state index contributed by atoms with van der Waals surface area (Å²) in [5.41, 5.74) is 2.82. The highest BCUT2D eigenvalue weighted by Crippen LogP contribution is 2.21. The fourth-order valence-electron chi connectivity index (χ4n) is 2.94. The number of hydrogen-bond donors (Lipinski definition) is 0. The molecule has 0 radical (unpaired) electrons. The summed E-state index contributed by atoms with van der Waals surface area (Å²) in [5, 5.41) is 4.33. The quantitative estimate of drug-likeness (QED) is 0.869. The summed E-state index contributed by atoms with van der Waals surface area (Å²) < 4.78 is 1.92. The van der Waals surface area contributed by atoms with Crippen molar-refractivity contribution in [3.8, 4) is 11.3 Å². The molecule has 1 atom stereocenters. The smallest absolute Gasteiger partial charge is 0.219 e. The molecule has 1 fully saturated rings. The standard InChI is InChI=1S/C17H23N5O/c1-12(2)22-11-15(7-20-22)17-9-18-16(8-19-17)6-14-4-5-21(10-14)13(3)23/h7-9,11-12,14H,4-6,10H2,1-3H3/t14-/m1/s1. The monoisotopic (exact) mass is 313 g/mol. The molecule has 1 aliphatic rings. The van der Waals surface area contributed by atoms with Crippen LogP contribution >= 0.6 is 0 Å². The van der Waals surface area contributed by atoms with Crippen LogP contribution in [0.2, 0.25) is 0 Å². The number of amides is 1. The topological polar surface area (TPSA) is 63.9 Å². The van der Waals surface area contributed by atoms with Crippen molar-refractivity contribution < 1.29 is 4.79 Å². The van der Waals surface area contributed by atoms with E-state index in [0.29, 0.717) is 12.0 Å². The van der Waals surface area contributed by atoms with E-state index in [4.69, 9.17) is 0 Å². The number of aromatic nitrogens is 4. The third-order valence-corrected chi connectivity index (χ3v) is 4.36. The Bertz CT molecular complexity index is 677. The van der Waals surface area contributed by atoms with Gasteiger partial charge in [0.25, 0.3) is 0 Å². The van der Waals surface area contributed by atoms with Crippen molar-refractivity contribution >= 4 is 5.91 Å². The van der Waals surface area contributed by atoms with Crippen molar-refractivity contribution in [2.45, 2.75) is 39.7 Å². The van der Waals surface area contributed by atoms with Gasteiger partial charge in [-0.05, 0) is 32.6 Å². The van der Waals surface area contributed by atoms with E-state index in [2.05, 4.69) is 28.9 Å². The molecule has 0 aromatic carbocycles. The highest BCUT2D eigenvalue weighted by atomic mass is 16.2. The van der Waals surface area contributed by atoms with Gasteiger partial charge in [-0.2, -0.15) is 5.10 Å². The van der Waals surface area contributed by atoms with Gasteiger partial charge in [-0.25, -0.2) is 0 Å². The Morgan fingerprint density at radius 3 is 2.70 bits per heavy atom. The lowest BCUT2D eigenvalue weighted by Crippen LogP contribution is -2.26. The van der Waals surface area contributed by atoms with E-state index in [1.807, 2.05) is 34.4 Å². The van der Waals surface area contributed by atoms with Crippen LogP contribution in [0.3, 0.4) is 0 Å². The first-order chi connectivity index (χ1) is 11.0. The van der Waals surface area contributed by atoms with Crippen molar-refractivity contribution in [2.24, 2.45) is 5.92 Å². The molecule has 0 aliphatic carbocycles. The summed E-state index contributed by atoms with van der Waals surface area (Å²) in [4.78, 5) is 22.4. The minimum atomic E-state index is 0.163. The molecule has 1 amide bonds. The predicted molar refractivity (Wildman–Crippen MR) is 87.7 cm³/mol. The second-order valence-electron chi connectivity index (χ2n) is 6.52. The molecule has 2 aromatic rings. The molecule has 0 bridgehead atoms. The van der Waals surface area contributed by atoms with Gasteiger partial charge < -0.3 is 4.90 Å². The van der Waals surface area contributed by atoms with Gasteiger partial charge in [0.05, 0.1) is 23.8 Å². The van der Waals surface area contributed by atoms with E-state index >= 15 is 0 Å². The molecule has 3 heterocycles. The fourth-order valence-corrected chi connectivity index (χ4v) is 2.94. The Labute approximate surface area is 136 Å². The first-order valence-electron chi connectivity index (χ1n) is 8.14. The average molecular weight is 313 g/mol. The van der Waals surface area contributed by atoms with E-state index in [-0.39, 0.29) is 5.91 Å². The van der Waals surface area contributed by atoms with Gasteiger partial charge in [0, 0.05) is 44.0 Å². The van der Waals surface area contributed by atoms with Crippen LogP contribution in [0.25, 0.3) is 11.3 Å². The molecular formula is C17H23N5O. The average Bonchev–Trinajstić information content (AvgIpc) is 3.17. The maximum Gasteiger partial charge on any atom is 0.219 e. The van der Waals surface area contributed by atoms with Crippen LogP contribution in [-0.4, -0.2) is 43.6 Å². The maximum absolute atomic E-state index is 11.4. The van der Waals surface area contributed by atoms with E-state index in [0.717, 1.165) is 42.9 Å². The molecular weight excluding hydrogens is 290 g/mol. The molecule has 1 saturated heterocycles. The molecule has 6 heteroatoms. The van der Waals surface area contributed by atoms with Crippen LogP contribution in [0.4, 0.5) is 0 Å². The minimum absolute atomic E-state index is 0.163. The van der Waals surface area contributed by atoms with Gasteiger partial charge >= 0.3 is 0 Å². The van der Waals surface area contributed by atoms with Gasteiger partial charge in [0.1, 0.15) is 0 Å². The number of nitrogens with zero attached hydrogens (tertiary/aromatic N) is 5. The lowest BCUT2D eigenvalue weighted by molar-refractivity contribution is -0.127. The summed E-state index contributed by atoms with van der Waals surface area (Å²) in [6.45, 7) is 7.52. The predicted octanol–water partition coefficient (Wildman–Crippen LogP) is 2.33. The van der Waals surface area contributed by atoms with Gasteiger partial charge in [0.2, 0.25) is 5.91 Å². The normalized spacial score (nSPS) is 17.9. The van der Waals surface area contributed by atoms with Crippen molar-refractivity contribution in [3.05, 3.63) is 30.5 Å². The summed E-state index contributed by atoms with van der Waals surface area (Å²) in [6, 6.07) is 0.336. The van der Waals surface area contributed by atoms with Gasteiger partial charge in [-0.1, -0.05) is 0 Å². The number of hydrogen-bond acceptors (Lipinski definition) is 4. The van der Waals surface area contributed by atoms with E-state index < -0.39 is 0 Å². The molecule has 122 valence electrons. The Kier molecular flexibility index (Phi) is 4.41. The Morgan fingerprint density at radius 1 is 1.30 bits per heavy atom. The number of likely N-dealkylation sites (tertiary alicyclic amines) is 1. The summed E-state index contributed by atoms with van der Waals surface area (Å²) in [7, 11) is 0. The summed E-state index contributed by atoms with van der Waals surface area (Å²) in [6.07, 6.45) is 9.40. The number of rotatable bonds is 4. The van der Waals surface area contributed by atoms with E-state index in [1.54, 1.807) is 6.92 Å². The van der Waals surface area contributed by atoms with Crippen LogP contribution in [0.1, 0.15) is 38.9 Å². The number of carbonyl (C=O) groups excluding carboxylic acids is 1. The summed E-state index contributed by atoms with van der Waals surface area (Å²) >= 11 is 0. The Balaban J connectivity index is 1.64. The highest BCUT2D eigenvalue weighted by molar-refractivity contribution is 5.73. The molecule has 3 rings (SSSR count). The van der Waals surface area contributed by atoms with E-state index in [1.165, 1.54) is 0 Å². The third-order valence-electron chi connectivity index (χ3n) is 4.36. The largest absolute Gasteiger partial charge is 0.343 e. The van der Waals surface area contributed by atoms with Gasteiger partial charge in [-0.3, -0.25) is 19.4 Å².